The first-order chi connectivity index (χ1) is 10.9. The molecule has 0 aromatic rings. The Labute approximate surface area is 141 Å². The Morgan fingerprint density at radius 1 is 1.04 bits per heavy atom. The second-order valence-corrected chi connectivity index (χ2v) is 8.07. The van der Waals surface area contributed by atoms with Gasteiger partial charge in [0.15, 0.2) is 0 Å². The van der Waals surface area contributed by atoms with E-state index in [1.54, 1.807) is 0 Å². The lowest BCUT2D eigenvalue weighted by Gasteiger charge is -2.37. The van der Waals surface area contributed by atoms with Crippen molar-refractivity contribution < 1.29 is 9.53 Å². The van der Waals surface area contributed by atoms with Gasteiger partial charge in [-0.15, -0.1) is 0 Å². The maximum atomic E-state index is 11.6. The zero-order chi connectivity index (χ0) is 16.7. The molecule has 1 amide bonds. The van der Waals surface area contributed by atoms with Crippen molar-refractivity contribution in [2.45, 2.75) is 58.5 Å². The van der Waals surface area contributed by atoms with E-state index in [1.807, 2.05) is 20.8 Å². The van der Waals surface area contributed by atoms with Gasteiger partial charge in [-0.3, -0.25) is 4.90 Å². The molecule has 0 bridgehead atoms. The number of ether oxygens (including phenoxy) is 1. The summed E-state index contributed by atoms with van der Waals surface area (Å²) in [5.41, 5.74) is -0.422. The molecule has 0 atom stereocenters. The lowest BCUT2D eigenvalue weighted by atomic mass is 9.89. The van der Waals surface area contributed by atoms with Gasteiger partial charge in [0.2, 0.25) is 0 Å². The standard InChI is InChI=1S/C18H35N3O2/c1-18(2,3)23-17(22)19-9-10-20-11-13-21(14-12-20)15-16-7-5-4-6-8-16/h16H,4-15H2,1-3H3,(H,19,22). The predicted molar refractivity (Wildman–Crippen MR) is 93.7 cm³/mol. The van der Waals surface area contributed by atoms with Crippen LogP contribution in [0.5, 0.6) is 0 Å². The van der Waals surface area contributed by atoms with E-state index >= 15 is 0 Å². The number of nitrogens with zero attached hydrogens (tertiary/aromatic N) is 2. The Kier molecular flexibility index (Phi) is 7.15. The van der Waals surface area contributed by atoms with Crippen LogP contribution in [0.2, 0.25) is 0 Å². The SMILES string of the molecule is CC(C)(C)OC(=O)NCCN1CCN(CC2CCCCC2)CC1. The van der Waals surface area contributed by atoms with Gasteiger partial charge in [-0.05, 0) is 39.5 Å². The predicted octanol–water partition coefficient (Wildman–Crippen LogP) is 2.71. The van der Waals surface area contributed by atoms with E-state index < -0.39 is 5.60 Å². The summed E-state index contributed by atoms with van der Waals surface area (Å²) < 4.78 is 5.25. The van der Waals surface area contributed by atoms with Crippen molar-refractivity contribution in [3.05, 3.63) is 0 Å². The van der Waals surface area contributed by atoms with Gasteiger partial charge in [-0.25, -0.2) is 4.79 Å². The average molecular weight is 325 g/mol. The van der Waals surface area contributed by atoms with Gasteiger partial charge in [0.1, 0.15) is 5.60 Å². The van der Waals surface area contributed by atoms with E-state index in [-0.39, 0.29) is 6.09 Å². The highest BCUT2D eigenvalue weighted by Gasteiger charge is 2.21. The number of alkyl carbamates (subject to hydrolysis) is 1. The third-order valence-corrected chi connectivity index (χ3v) is 4.80. The Morgan fingerprint density at radius 3 is 2.26 bits per heavy atom. The monoisotopic (exact) mass is 325 g/mol. The Bertz CT molecular complexity index is 354. The molecule has 23 heavy (non-hydrogen) atoms. The summed E-state index contributed by atoms with van der Waals surface area (Å²) in [6.45, 7) is 13.1. The average Bonchev–Trinajstić information content (AvgIpc) is 2.48. The van der Waals surface area contributed by atoms with E-state index in [4.69, 9.17) is 4.74 Å². The van der Waals surface area contributed by atoms with Crippen molar-refractivity contribution in [1.29, 1.82) is 0 Å². The van der Waals surface area contributed by atoms with Crippen molar-refractivity contribution in [2.24, 2.45) is 5.92 Å². The molecule has 134 valence electrons. The summed E-state index contributed by atoms with van der Waals surface area (Å²) in [6, 6.07) is 0. The summed E-state index contributed by atoms with van der Waals surface area (Å²) in [7, 11) is 0. The summed E-state index contributed by atoms with van der Waals surface area (Å²) in [4.78, 5) is 16.7. The molecule has 2 aliphatic rings. The van der Waals surface area contributed by atoms with Crippen LogP contribution in [-0.2, 0) is 4.74 Å². The van der Waals surface area contributed by atoms with E-state index in [1.165, 1.54) is 51.7 Å². The molecule has 0 radical (unpaired) electrons. The van der Waals surface area contributed by atoms with Crippen molar-refractivity contribution in [2.75, 3.05) is 45.8 Å². The molecule has 5 nitrogen and oxygen atoms in total. The first kappa shape index (κ1) is 18.5. The van der Waals surface area contributed by atoms with Crippen molar-refractivity contribution in [3.63, 3.8) is 0 Å². The van der Waals surface area contributed by atoms with Gasteiger partial charge in [0, 0.05) is 45.8 Å². The topological polar surface area (TPSA) is 44.8 Å². The van der Waals surface area contributed by atoms with Gasteiger partial charge >= 0.3 is 6.09 Å². The number of rotatable bonds is 5. The molecular weight excluding hydrogens is 290 g/mol. The number of nitrogens with one attached hydrogen (secondary N) is 1. The lowest BCUT2D eigenvalue weighted by Crippen LogP contribution is -2.49. The number of piperazine rings is 1. The molecule has 1 N–H and O–H groups in total. The normalized spacial score (nSPS) is 22.0. The minimum atomic E-state index is -0.422. The van der Waals surface area contributed by atoms with E-state index in [0.29, 0.717) is 6.54 Å². The molecule has 0 unspecified atom stereocenters. The third kappa shape index (κ3) is 7.53. The second kappa shape index (κ2) is 8.88. The Balaban J connectivity index is 1.55. The quantitative estimate of drug-likeness (QED) is 0.844. The molecule has 1 aliphatic heterocycles. The van der Waals surface area contributed by atoms with E-state index in [0.717, 1.165) is 25.6 Å². The molecule has 1 aliphatic carbocycles. The van der Waals surface area contributed by atoms with Crippen LogP contribution in [0.1, 0.15) is 52.9 Å². The zero-order valence-corrected chi connectivity index (χ0v) is 15.3. The summed E-state index contributed by atoms with van der Waals surface area (Å²) >= 11 is 0. The number of hydrogen-bond acceptors (Lipinski definition) is 4. The lowest BCUT2D eigenvalue weighted by molar-refractivity contribution is 0.0514. The zero-order valence-electron chi connectivity index (χ0n) is 15.3. The fraction of sp³-hybridized carbons (Fsp3) is 0.944. The largest absolute Gasteiger partial charge is 0.444 e. The molecule has 0 aromatic heterocycles. The number of amides is 1. The maximum absolute atomic E-state index is 11.6. The molecule has 0 spiro atoms. The second-order valence-electron chi connectivity index (χ2n) is 8.07. The Hall–Kier alpha value is -0.810. The van der Waals surface area contributed by atoms with Crippen LogP contribution >= 0.6 is 0 Å². The van der Waals surface area contributed by atoms with Gasteiger partial charge in [0.25, 0.3) is 0 Å². The molecule has 1 saturated carbocycles. The first-order valence-electron chi connectivity index (χ1n) is 9.34. The van der Waals surface area contributed by atoms with Gasteiger partial charge in [0.05, 0.1) is 0 Å². The summed E-state index contributed by atoms with van der Waals surface area (Å²) in [5.74, 6) is 0.934. The van der Waals surface area contributed by atoms with Crippen LogP contribution < -0.4 is 5.32 Å². The minimum Gasteiger partial charge on any atom is -0.444 e. The van der Waals surface area contributed by atoms with Gasteiger partial charge in [-0.1, -0.05) is 19.3 Å². The highest BCUT2D eigenvalue weighted by molar-refractivity contribution is 5.67. The smallest absolute Gasteiger partial charge is 0.407 e. The van der Waals surface area contributed by atoms with E-state index in [2.05, 4.69) is 15.1 Å². The summed E-state index contributed by atoms with van der Waals surface area (Å²) in [6.07, 6.45) is 6.85. The third-order valence-electron chi connectivity index (χ3n) is 4.80. The first-order valence-corrected chi connectivity index (χ1v) is 9.34. The molecule has 2 fully saturated rings. The van der Waals surface area contributed by atoms with Gasteiger partial charge in [-0.2, -0.15) is 0 Å². The van der Waals surface area contributed by atoms with Crippen molar-refractivity contribution >= 4 is 6.09 Å². The van der Waals surface area contributed by atoms with Crippen molar-refractivity contribution in [3.8, 4) is 0 Å². The highest BCUT2D eigenvalue weighted by Crippen LogP contribution is 2.24. The van der Waals surface area contributed by atoms with Crippen molar-refractivity contribution in [1.82, 2.24) is 15.1 Å². The molecule has 0 aromatic carbocycles. The number of hydrogen-bond donors (Lipinski definition) is 1. The van der Waals surface area contributed by atoms with Crippen LogP contribution in [0.15, 0.2) is 0 Å². The molecule has 2 rings (SSSR count). The molecule has 1 heterocycles. The Morgan fingerprint density at radius 2 is 1.65 bits per heavy atom. The fourth-order valence-corrected chi connectivity index (χ4v) is 3.56. The summed E-state index contributed by atoms with van der Waals surface area (Å²) in [5, 5.41) is 2.85. The van der Waals surface area contributed by atoms with E-state index in [9.17, 15) is 4.79 Å². The van der Waals surface area contributed by atoms with Gasteiger partial charge < -0.3 is 15.0 Å². The fourth-order valence-electron chi connectivity index (χ4n) is 3.56. The van der Waals surface area contributed by atoms with Crippen LogP contribution in [-0.4, -0.2) is 67.3 Å². The number of carbonyl (C=O) groups is 1. The molecule has 5 heteroatoms. The minimum absolute atomic E-state index is 0.312. The van der Waals surface area contributed by atoms with Crippen LogP contribution in [0, 0.1) is 5.92 Å². The molecular formula is C18H35N3O2. The number of carbonyl (C=O) groups excluding carboxylic acids is 1. The van der Waals surface area contributed by atoms with Crippen LogP contribution in [0.3, 0.4) is 0 Å². The molecule has 1 saturated heterocycles. The van der Waals surface area contributed by atoms with Crippen LogP contribution in [0.4, 0.5) is 4.79 Å². The highest BCUT2D eigenvalue weighted by atomic mass is 16.6. The van der Waals surface area contributed by atoms with Crippen LogP contribution in [0.25, 0.3) is 0 Å². The maximum Gasteiger partial charge on any atom is 0.407 e.